The molecule has 1 amide bonds. The zero-order valence-electron chi connectivity index (χ0n) is 18.4. The van der Waals surface area contributed by atoms with Crippen molar-refractivity contribution in [2.75, 3.05) is 13.1 Å². The molecule has 4 aliphatic carbocycles. The second-order valence-electron chi connectivity index (χ2n) is 9.74. The number of hydrogen-bond acceptors (Lipinski definition) is 7. The van der Waals surface area contributed by atoms with Gasteiger partial charge in [-0.1, -0.05) is 6.07 Å². The average Bonchev–Trinajstić information content (AvgIpc) is 2.73. The smallest absolute Gasteiger partial charge is 0.325 e. The molecule has 0 saturated heterocycles. The van der Waals surface area contributed by atoms with Gasteiger partial charge in [-0.2, -0.15) is 0 Å². The molecule has 174 valence electrons. The van der Waals surface area contributed by atoms with E-state index in [1.54, 1.807) is 18.2 Å². The standard InChI is InChI=1S/C24H33N3O5/c25-13-22(29)31-19-5-4-15(9-20(19)32-23(30)14-26)2-1-3-21(28)27-24-10-16-6-17(11-24)8-18(7-16)12-24/h4-5,9,16-18H,1-3,6-8,10-14,25-26H2,(H,27,28). The largest absolute Gasteiger partial charge is 0.422 e. The van der Waals surface area contributed by atoms with Crippen LogP contribution in [0.2, 0.25) is 0 Å². The number of hydrogen-bond donors (Lipinski definition) is 3. The van der Waals surface area contributed by atoms with Gasteiger partial charge in [0.2, 0.25) is 5.91 Å². The topological polar surface area (TPSA) is 134 Å². The third-order valence-corrected chi connectivity index (χ3v) is 7.10. The molecule has 32 heavy (non-hydrogen) atoms. The molecule has 8 heteroatoms. The van der Waals surface area contributed by atoms with E-state index in [9.17, 15) is 14.4 Å². The molecule has 4 saturated carbocycles. The van der Waals surface area contributed by atoms with E-state index < -0.39 is 11.9 Å². The van der Waals surface area contributed by atoms with Gasteiger partial charge < -0.3 is 26.3 Å². The van der Waals surface area contributed by atoms with Crippen LogP contribution in [0.5, 0.6) is 11.5 Å². The van der Waals surface area contributed by atoms with Crippen LogP contribution >= 0.6 is 0 Å². The fourth-order valence-corrected chi connectivity index (χ4v) is 6.28. The molecule has 0 aliphatic heterocycles. The second kappa shape index (κ2) is 9.58. The Morgan fingerprint density at radius 3 is 2.03 bits per heavy atom. The minimum Gasteiger partial charge on any atom is -0.422 e. The van der Waals surface area contributed by atoms with E-state index in [1.807, 2.05) is 0 Å². The van der Waals surface area contributed by atoms with Crippen LogP contribution in [0, 0.1) is 17.8 Å². The first-order valence-electron chi connectivity index (χ1n) is 11.6. The highest BCUT2D eigenvalue weighted by molar-refractivity contribution is 5.78. The average molecular weight is 444 g/mol. The molecule has 1 aromatic rings. The summed E-state index contributed by atoms with van der Waals surface area (Å²) in [6, 6.07) is 5.00. The Hall–Kier alpha value is -2.45. The Balaban J connectivity index is 1.32. The predicted molar refractivity (Wildman–Crippen MR) is 118 cm³/mol. The molecule has 5 rings (SSSR count). The van der Waals surface area contributed by atoms with E-state index in [1.165, 1.54) is 19.3 Å². The zero-order chi connectivity index (χ0) is 22.7. The summed E-state index contributed by atoms with van der Waals surface area (Å²) < 4.78 is 10.3. The summed E-state index contributed by atoms with van der Waals surface area (Å²) in [5.74, 6) is 1.47. The van der Waals surface area contributed by atoms with Gasteiger partial charge in [0, 0.05) is 12.0 Å². The fourth-order valence-electron chi connectivity index (χ4n) is 6.28. The van der Waals surface area contributed by atoms with E-state index in [0.29, 0.717) is 19.3 Å². The highest BCUT2D eigenvalue weighted by atomic mass is 16.6. The number of aryl methyl sites for hydroxylation is 1. The molecule has 0 spiro atoms. The van der Waals surface area contributed by atoms with Crippen molar-refractivity contribution >= 4 is 17.8 Å². The number of esters is 2. The molecule has 1 aromatic carbocycles. The third-order valence-electron chi connectivity index (χ3n) is 7.10. The van der Waals surface area contributed by atoms with Crippen LogP contribution in [0.4, 0.5) is 0 Å². The Kier molecular flexibility index (Phi) is 6.81. The normalized spacial score (nSPS) is 27.8. The van der Waals surface area contributed by atoms with Gasteiger partial charge in [0.25, 0.3) is 0 Å². The van der Waals surface area contributed by atoms with Crippen molar-refractivity contribution in [3.8, 4) is 11.5 Å². The van der Waals surface area contributed by atoms with Crippen LogP contribution in [0.1, 0.15) is 56.9 Å². The quantitative estimate of drug-likeness (QED) is 0.391. The summed E-state index contributed by atoms with van der Waals surface area (Å²) in [5.41, 5.74) is 11.5. The van der Waals surface area contributed by atoms with Gasteiger partial charge in [-0.25, -0.2) is 0 Å². The molecule has 0 aromatic heterocycles. The summed E-state index contributed by atoms with van der Waals surface area (Å²) in [4.78, 5) is 35.9. The number of nitrogens with one attached hydrogen (secondary N) is 1. The number of rotatable bonds is 9. The molecular formula is C24H33N3O5. The Morgan fingerprint density at radius 1 is 0.906 bits per heavy atom. The third kappa shape index (κ3) is 5.30. The van der Waals surface area contributed by atoms with Crippen molar-refractivity contribution in [3.05, 3.63) is 23.8 Å². The van der Waals surface area contributed by atoms with Gasteiger partial charge in [-0.05, 0) is 86.8 Å². The van der Waals surface area contributed by atoms with Crippen molar-refractivity contribution < 1.29 is 23.9 Å². The van der Waals surface area contributed by atoms with Crippen LogP contribution in [0.25, 0.3) is 0 Å². The van der Waals surface area contributed by atoms with E-state index in [4.69, 9.17) is 20.9 Å². The summed E-state index contributed by atoms with van der Waals surface area (Å²) in [6.07, 6.45) is 9.23. The van der Waals surface area contributed by atoms with E-state index in [2.05, 4.69) is 5.32 Å². The Labute approximate surface area is 188 Å². The molecule has 0 heterocycles. The lowest BCUT2D eigenvalue weighted by Crippen LogP contribution is -2.59. The van der Waals surface area contributed by atoms with Gasteiger partial charge in [-0.15, -0.1) is 0 Å². The first-order valence-corrected chi connectivity index (χ1v) is 11.6. The molecule has 8 nitrogen and oxygen atoms in total. The van der Waals surface area contributed by atoms with Crippen LogP contribution in [0.15, 0.2) is 18.2 Å². The van der Waals surface area contributed by atoms with Crippen molar-refractivity contribution in [1.29, 1.82) is 0 Å². The lowest BCUT2D eigenvalue weighted by Gasteiger charge is -2.56. The monoisotopic (exact) mass is 443 g/mol. The van der Waals surface area contributed by atoms with Gasteiger partial charge in [0.15, 0.2) is 11.5 Å². The highest BCUT2D eigenvalue weighted by Crippen LogP contribution is 2.55. The first-order chi connectivity index (χ1) is 15.4. The fraction of sp³-hybridized carbons (Fsp3) is 0.625. The summed E-state index contributed by atoms with van der Waals surface area (Å²) in [5, 5.41) is 3.40. The SMILES string of the molecule is NCC(=O)Oc1ccc(CCCC(=O)NC23CC4CC(CC(C4)C2)C3)cc1OC(=O)CN. The number of ether oxygens (including phenoxy) is 2. The highest BCUT2D eigenvalue weighted by Gasteiger charge is 2.51. The van der Waals surface area contributed by atoms with Crippen LogP contribution < -0.4 is 26.3 Å². The van der Waals surface area contributed by atoms with Crippen LogP contribution in [0.3, 0.4) is 0 Å². The van der Waals surface area contributed by atoms with Crippen molar-refractivity contribution in [3.63, 3.8) is 0 Å². The Bertz CT molecular complexity index is 849. The summed E-state index contributed by atoms with van der Waals surface area (Å²) in [6.45, 7) is -0.579. The van der Waals surface area contributed by atoms with E-state index in [-0.39, 0.29) is 36.0 Å². The molecule has 4 bridgehead atoms. The number of carbonyl (C=O) groups excluding carboxylic acids is 3. The molecular weight excluding hydrogens is 410 g/mol. The van der Waals surface area contributed by atoms with Gasteiger partial charge in [0.05, 0.1) is 13.1 Å². The predicted octanol–water partition coefficient (Wildman–Crippen LogP) is 1.82. The first kappa shape index (κ1) is 22.7. The molecule has 5 N–H and O–H groups in total. The lowest BCUT2D eigenvalue weighted by molar-refractivity contribution is -0.135. The second-order valence-corrected chi connectivity index (χ2v) is 9.74. The maximum atomic E-state index is 12.7. The van der Waals surface area contributed by atoms with E-state index in [0.717, 1.165) is 42.6 Å². The van der Waals surface area contributed by atoms with Crippen molar-refractivity contribution in [2.24, 2.45) is 29.2 Å². The van der Waals surface area contributed by atoms with Crippen molar-refractivity contribution in [2.45, 2.75) is 63.3 Å². The van der Waals surface area contributed by atoms with Gasteiger partial charge in [0.1, 0.15) is 0 Å². The van der Waals surface area contributed by atoms with Crippen LogP contribution in [-0.2, 0) is 20.8 Å². The Morgan fingerprint density at radius 2 is 1.47 bits per heavy atom. The minimum atomic E-state index is -0.637. The molecule has 0 atom stereocenters. The molecule has 4 fully saturated rings. The number of amides is 1. The molecule has 0 radical (unpaired) electrons. The van der Waals surface area contributed by atoms with Crippen molar-refractivity contribution in [1.82, 2.24) is 5.32 Å². The number of carbonyl (C=O) groups is 3. The van der Waals surface area contributed by atoms with E-state index >= 15 is 0 Å². The maximum Gasteiger partial charge on any atom is 0.325 e. The summed E-state index contributed by atoms with van der Waals surface area (Å²) in [7, 11) is 0. The molecule has 4 aliphatic rings. The van der Waals surface area contributed by atoms with Gasteiger partial charge >= 0.3 is 11.9 Å². The summed E-state index contributed by atoms with van der Waals surface area (Å²) >= 11 is 0. The van der Waals surface area contributed by atoms with Gasteiger partial charge in [-0.3, -0.25) is 14.4 Å². The number of benzene rings is 1. The minimum absolute atomic E-state index is 0.0317. The number of nitrogens with two attached hydrogens (primary N) is 2. The maximum absolute atomic E-state index is 12.7. The molecule has 0 unspecified atom stereocenters. The lowest BCUT2D eigenvalue weighted by atomic mass is 9.53. The zero-order valence-corrected chi connectivity index (χ0v) is 18.4. The van der Waals surface area contributed by atoms with Crippen LogP contribution in [-0.4, -0.2) is 36.5 Å².